The number of benzene rings is 1. The van der Waals surface area contributed by atoms with Crippen LogP contribution in [0.3, 0.4) is 0 Å². The van der Waals surface area contributed by atoms with E-state index in [0.717, 1.165) is 17.7 Å². The summed E-state index contributed by atoms with van der Waals surface area (Å²) in [6, 6.07) is 6.15. The van der Waals surface area contributed by atoms with Crippen LogP contribution in [0.2, 0.25) is 5.02 Å². The highest BCUT2D eigenvalue weighted by Crippen LogP contribution is 2.25. The van der Waals surface area contributed by atoms with Crippen LogP contribution in [0.5, 0.6) is 0 Å². The highest BCUT2D eigenvalue weighted by Gasteiger charge is 2.39. The van der Waals surface area contributed by atoms with Crippen LogP contribution in [0.25, 0.3) is 0 Å². The molecule has 1 aromatic carbocycles. The number of rotatable bonds is 2. The number of urea groups is 1. The van der Waals surface area contributed by atoms with Gasteiger partial charge in [-0.15, -0.1) is 0 Å². The molecule has 21 heavy (non-hydrogen) atoms. The molecule has 0 aromatic heterocycles. The molecule has 3 amide bonds. The molecule has 2 unspecified atom stereocenters. The molecule has 0 saturated carbocycles. The van der Waals surface area contributed by atoms with Gasteiger partial charge in [-0.3, -0.25) is 9.69 Å². The van der Waals surface area contributed by atoms with Crippen LogP contribution in [0.1, 0.15) is 19.3 Å². The molecule has 0 bridgehead atoms. The van der Waals surface area contributed by atoms with Crippen LogP contribution in [-0.4, -0.2) is 40.2 Å². The second kappa shape index (κ2) is 7.15. The monoisotopic (exact) mass is 328 g/mol. The fourth-order valence-corrected chi connectivity index (χ4v) is 3.83. The van der Waals surface area contributed by atoms with Crippen molar-refractivity contribution in [2.45, 2.75) is 29.4 Å². The van der Waals surface area contributed by atoms with Crippen LogP contribution in [-0.2, 0) is 16.0 Å². The van der Waals surface area contributed by atoms with Gasteiger partial charge in [-0.25, -0.2) is 4.79 Å². The maximum atomic E-state index is 12.6. The molecule has 0 spiro atoms. The second-order valence-corrected chi connectivity index (χ2v) is 6.85. The number of nitrogens with one attached hydrogen (secondary N) is 1. The molecular formula is C14H17ClN2O3S. The molecule has 114 valence electrons. The van der Waals surface area contributed by atoms with Crippen molar-refractivity contribution in [3.05, 3.63) is 29.3 Å². The second-order valence-electron chi connectivity index (χ2n) is 4.78. The normalized spacial score (nSPS) is 20.8. The molecule has 1 aliphatic heterocycles. The number of carbonyl (C=O) groups excluding carboxylic acids is 2. The highest BCUT2D eigenvalue weighted by atomic mass is 35.5. The molecule has 1 fully saturated rings. The van der Waals surface area contributed by atoms with Crippen molar-refractivity contribution in [2.24, 2.45) is 0 Å². The molecule has 1 N–H and O–H groups in total. The SMILES string of the molecule is CNC(=O)N1CCCCC([S+]([O-])c2ccc(Cl)cc2)C1=O. The number of hydrogen-bond acceptors (Lipinski definition) is 3. The lowest BCUT2D eigenvalue weighted by atomic mass is 10.2. The van der Waals surface area contributed by atoms with Crippen LogP contribution in [0, 0.1) is 0 Å². The first-order valence-electron chi connectivity index (χ1n) is 6.74. The van der Waals surface area contributed by atoms with E-state index < -0.39 is 22.5 Å². The summed E-state index contributed by atoms with van der Waals surface area (Å²) in [4.78, 5) is 25.9. The van der Waals surface area contributed by atoms with Crippen molar-refractivity contribution >= 4 is 34.7 Å². The maximum Gasteiger partial charge on any atom is 0.323 e. The van der Waals surface area contributed by atoms with Gasteiger partial charge >= 0.3 is 6.03 Å². The minimum atomic E-state index is -1.49. The van der Waals surface area contributed by atoms with Gasteiger partial charge in [0.2, 0.25) is 0 Å². The van der Waals surface area contributed by atoms with Crippen molar-refractivity contribution in [1.82, 2.24) is 10.2 Å². The Kier molecular flexibility index (Phi) is 5.50. The fourth-order valence-electron chi connectivity index (χ4n) is 2.28. The Bertz CT molecular complexity index is 523. The molecule has 2 atom stereocenters. The van der Waals surface area contributed by atoms with Crippen molar-refractivity contribution < 1.29 is 14.1 Å². The van der Waals surface area contributed by atoms with Crippen molar-refractivity contribution in [2.75, 3.05) is 13.6 Å². The smallest absolute Gasteiger partial charge is 0.323 e. The molecular weight excluding hydrogens is 312 g/mol. The lowest BCUT2D eigenvalue weighted by molar-refractivity contribution is -0.127. The molecule has 5 nitrogen and oxygen atoms in total. The number of nitrogens with zero attached hydrogens (tertiary/aromatic N) is 1. The van der Waals surface area contributed by atoms with E-state index in [4.69, 9.17) is 11.6 Å². The van der Waals surface area contributed by atoms with Gasteiger partial charge < -0.3 is 9.87 Å². The van der Waals surface area contributed by atoms with Gasteiger partial charge in [-0.1, -0.05) is 11.6 Å². The molecule has 0 radical (unpaired) electrons. The van der Waals surface area contributed by atoms with Gasteiger partial charge in [0.1, 0.15) is 0 Å². The zero-order valence-electron chi connectivity index (χ0n) is 11.7. The number of hydrogen-bond donors (Lipinski definition) is 1. The lowest BCUT2D eigenvalue weighted by Gasteiger charge is -2.23. The van der Waals surface area contributed by atoms with Crippen LogP contribution in [0.4, 0.5) is 4.79 Å². The van der Waals surface area contributed by atoms with Gasteiger partial charge in [-0.05, 0) is 48.3 Å². The number of likely N-dealkylation sites (tertiary alicyclic amines) is 1. The van der Waals surface area contributed by atoms with Crippen molar-refractivity contribution in [3.8, 4) is 0 Å². The van der Waals surface area contributed by atoms with Crippen molar-refractivity contribution in [3.63, 3.8) is 0 Å². The van der Waals surface area contributed by atoms with E-state index in [1.165, 1.54) is 7.05 Å². The summed E-state index contributed by atoms with van der Waals surface area (Å²) in [6.45, 7) is 0.368. The molecule has 1 heterocycles. The summed E-state index contributed by atoms with van der Waals surface area (Å²) >= 11 is 4.33. The van der Waals surface area contributed by atoms with E-state index in [1.54, 1.807) is 24.3 Å². The number of amides is 3. The van der Waals surface area contributed by atoms with Crippen molar-refractivity contribution in [1.29, 1.82) is 0 Å². The average Bonchev–Trinajstić information content (AvgIpc) is 2.68. The first-order chi connectivity index (χ1) is 10.0. The predicted molar refractivity (Wildman–Crippen MR) is 81.7 cm³/mol. The zero-order valence-corrected chi connectivity index (χ0v) is 13.2. The lowest BCUT2D eigenvalue weighted by Crippen LogP contribution is -2.48. The van der Waals surface area contributed by atoms with E-state index in [1.807, 2.05) is 0 Å². The number of halogens is 1. The Morgan fingerprint density at radius 2 is 2.05 bits per heavy atom. The molecule has 1 aromatic rings. The standard InChI is InChI=1S/C14H17ClN2O3S/c1-16-14(19)17-9-3-2-4-12(13(17)18)21(20)11-7-5-10(15)6-8-11/h5-8,12H,2-4,9H2,1H3,(H,16,19). The third-order valence-electron chi connectivity index (χ3n) is 3.40. The summed E-state index contributed by atoms with van der Waals surface area (Å²) in [7, 11) is 1.48. The Morgan fingerprint density at radius 1 is 1.38 bits per heavy atom. The zero-order chi connectivity index (χ0) is 15.4. The van der Waals surface area contributed by atoms with E-state index in [0.29, 0.717) is 22.9 Å². The largest absolute Gasteiger partial charge is 0.611 e. The number of imide groups is 1. The van der Waals surface area contributed by atoms with Crippen LogP contribution < -0.4 is 5.32 Å². The third-order valence-corrected chi connectivity index (χ3v) is 5.35. The minimum absolute atomic E-state index is 0.368. The van der Waals surface area contributed by atoms with Gasteiger partial charge in [-0.2, -0.15) is 0 Å². The van der Waals surface area contributed by atoms with Crippen LogP contribution in [0.15, 0.2) is 29.2 Å². The summed E-state index contributed by atoms with van der Waals surface area (Å²) in [5, 5.41) is 2.31. The third kappa shape index (κ3) is 3.70. The average molecular weight is 329 g/mol. The van der Waals surface area contributed by atoms with Gasteiger partial charge in [0, 0.05) is 25.0 Å². The van der Waals surface area contributed by atoms with Gasteiger partial charge in [0.15, 0.2) is 10.1 Å². The molecule has 0 aliphatic carbocycles. The van der Waals surface area contributed by atoms with Gasteiger partial charge in [0.25, 0.3) is 5.91 Å². The van der Waals surface area contributed by atoms with E-state index >= 15 is 0 Å². The summed E-state index contributed by atoms with van der Waals surface area (Å²) in [5.41, 5.74) is 0. The highest BCUT2D eigenvalue weighted by molar-refractivity contribution is 7.92. The summed E-state index contributed by atoms with van der Waals surface area (Å²) in [6.07, 6.45) is 2.01. The number of carbonyl (C=O) groups is 2. The Morgan fingerprint density at radius 3 is 2.67 bits per heavy atom. The minimum Gasteiger partial charge on any atom is -0.611 e. The Hall–Kier alpha value is -1.24. The molecule has 7 heteroatoms. The Labute approximate surface area is 131 Å². The molecule has 1 saturated heterocycles. The quantitative estimate of drug-likeness (QED) is 0.846. The first kappa shape index (κ1) is 16.1. The fraction of sp³-hybridized carbons (Fsp3) is 0.429. The van der Waals surface area contributed by atoms with E-state index in [2.05, 4.69) is 5.32 Å². The molecule has 2 rings (SSSR count). The summed E-state index contributed by atoms with van der Waals surface area (Å²) in [5.74, 6) is -0.375. The topological polar surface area (TPSA) is 72.5 Å². The molecule has 1 aliphatic rings. The van der Waals surface area contributed by atoms with E-state index in [9.17, 15) is 14.1 Å². The maximum absolute atomic E-state index is 12.6. The first-order valence-corrected chi connectivity index (χ1v) is 8.33. The van der Waals surface area contributed by atoms with E-state index in [-0.39, 0.29) is 5.91 Å². The Balaban J connectivity index is 2.21. The predicted octanol–water partition coefficient (Wildman–Crippen LogP) is 2.17. The van der Waals surface area contributed by atoms with Crippen LogP contribution >= 0.6 is 11.6 Å². The van der Waals surface area contributed by atoms with Gasteiger partial charge in [0.05, 0.1) is 0 Å². The summed E-state index contributed by atoms with van der Waals surface area (Å²) < 4.78 is 12.6.